The molecule has 0 spiro atoms. The summed E-state index contributed by atoms with van der Waals surface area (Å²) in [6.07, 6.45) is 0.388. The molecule has 2 heterocycles. The van der Waals surface area contributed by atoms with Crippen LogP contribution in [0.4, 0.5) is 4.79 Å². The highest BCUT2D eigenvalue weighted by Crippen LogP contribution is 2.29. The summed E-state index contributed by atoms with van der Waals surface area (Å²) in [7, 11) is 0. The highest BCUT2D eigenvalue weighted by molar-refractivity contribution is 5.77. The molecule has 6 heteroatoms. The molecule has 2 saturated heterocycles. The van der Waals surface area contributed by atoms with Crippen LogP contribution in [0.1, 0.15) is 12.8 Å². The SMILES string of the molecule is O=C(O)[C@H]1NC[C@H]2CC[C@@H]1N2C(=O)O. The van der Waals surface area contributed by atoms with Crippen molar-refractivity contribution in [3.63, 3.8) is 0 Å². The third-order valence-corrected chi connectivity index (χ3v) is 2.99. The summed E-state index contributed by atoms with van der Waals surface area (Å²) >= 11 is 0. The van der Waals surface area contributed by atoms with Gasteiger partial charge in [-0.3, -0.25) is 9.69 Å². The minimum Gasteiger partial charge on any atom is -0.480 e. The molecule has 0 aliphatic carbocycles. The van der Waals surface area contributed by atoms with E-state index in [4.69, 9.17) is 10.2 Å². The molecule has 0 aromatic carbocycles. The molecule has 3 N–H and O–H groups in total. The largest absolute Gasteiger partial charge is 0.480 e. The van der Waals surface area contributed by atoms with Gasteiger partial charge in [-0.15, -0.1) is 0 Å². The number of aliphatic carboxylic acids is 1. The van der Waals surface area contributed by atoms with Gasteiger partial charge in [0.05, 0.1) is 6.04 Å². The van der Waals surface area contributed by atoms with Crippen LogP contribution < -0.4 is 5.32 Å². The molecule has 2 aliphatic rings. The summed E-state index contributed by atoms with van der Waals surface area (Å²) in [5.41, 5.74) is 0. The number of carboxylic acid groups (broad SMARTS) is 2. The van der Waals surface area contributed by atoms with Crippen molar-refractivity contribution in [2.75, 3.05) is 6.54 Å². The molecule has 1 amide bonds. The monoisotopic (exact) mass is 200 g/mol. The minimum atomic E-state index is -1.01. The molecule has 0 aromatic heterocycles. The van der Waals surface area contributed by atoms with E-state index in [1.165, 1.54) is 4.90 Å². The van der Waals surface area contributed by atoms with E-state index in [9.17, 15) is 9.59 Å². The number of nitrogens with zero attached hydrogens (tertiary/aromatic N) is 1. The zero-order valence-corrected chi connectivity index (χ0v) is 7.51. The Hall–Kier alpha value is -1.30. The van der Waals surface area contributed by atoms with Gasteiger partial charge < -0.3 is 15.5 Å². The van der Waals surface area contributed by atoms with E-state index in [1.807, 2.05) is 0 Å². The van der Waals surface area contributed by atoms with Gasteiger partial charge >= 0.3 is 12.1 Å². The van der Waals surface area contributed by atoms with Crippen LogP contribution in [0.5, 0.6) is 0 Å². The van der Waals surface area contributed by atoms with Crippen molar-refractivity contribution < 1.29 is 19.8 Å². The molecule has 2 aliphatic heterocycles. The molecular weight excluding hydrogens is 188 g/mol. The smallest absolute Gasteiger partial charge is 0.407 e. The van der Waals surface area contributed by atoms with Crippen LogP contribution in [-0.2, 0) is 4.79 Å². The van der Waals surface area contributed by atoms with Crippen LogP contribution in [0.15, 0.2) is 0 Å². The number of fused-ring (bicyclic) bond motifs is 2. The minimum absolute atomic E-state index is 0.0481. The first-order valence-electron chi connectivity index (χ1n) is 4.58. The second-order valence-corrected chi connectivity index (χ2v) is 3.71. The number of carbonyl (C=O) groups is 2. The Labute approximate surface area is 80.5 Å². The average molecular weight is 200 g/mol. The second kappa shape index (κ2) is 3.13. The fraction of sp³-hybridized carbons (Fsp3) is 0.750. The molecule has 0 aromatic rings. The van der Waals surface area contributed by atoms with E-state index >= 15 is 0 Å². The molecule has 0 unspecified atom stereocenters. The normalized spacial score (nSPS) is 35.7. The van der Waals surface area contributed by atoms with E-state index in [0.717, 1.165) is 6.42 Å². The average Bonchev–Trinajstić information content (AvgIpc) is 2.40. The Balaban J connectivity index is 2.21. The van der Waals surface area contributed by atoms with Gasteiger partial charge in [0.2, 0.25) is 0 Å². The molecule has 0 saturated carbocycles. The Bertz CT molecular complexity index is 281. The van der Waals surface area contributed by atoms with E-state index in [-0.39, 0.29) is 6.04 Å². The maximum atomic E-state index is 10.9. The van der Waals surface area contributed by atoms with Gasteiger partial charge in [-0.05, 0) is 12.8 Å². The number of hydrogen-bond acceptors (Lipinski definition) is 3. The number of piperazine rings is 1. The van der Waals surface area contributed by atoms with Crippen LogP contribution in [0.2, 0.25) is 0 Å². The fourth-order valence-electron chi connectivity index (χ4n) is 2.39. The first-order valence-corrected chi connectivity index (χ1v) is 4.58. The molecular formula is C8H12N2O4. The van der Waals surface area contributed by atoms with Crippen molar-refractivity contribution in [3.8, 4) is 0 Å². The summed E-state index contributed by atoms with van der Waals surface area (Å²) < 4.78 is 0. The van der Waals surface area contributed by atoms with E-state index in [1.54, 1.807) is 0 Å². The van der Waals surface area contributed by atoms with Crippen molar-refractivity contribution in [1.29, 1.82) is 0 Å². The molecule has 3 atom stereocenters. The zero-order valence-electron chi connectivity index (χ0n) is 7.51. The van der Waals surface area contributed by atoms with Crippen molar-refractivity contribution in [3.05, 3.63) is 0 Å². The molecule has 78 valence electrons. The predicted molar refractivity (Wildman–Crippen MR) is 46.1 cm³/mol. The number of amides is 1. The summed E-state index contributed by atoms with van der Waals surface area (Å²) in [5, 5.41) is 20.7. The van der Waals surface area contributed by atoms with E-state index < -0.39 is 24.1 Å². The lowest BCUT2D eigenvalue weighted by atomic mass is 10.1. The highest BCUT2D eigenvalue weighted by Gasteiger charge is 2.47. The maximum absolute atomic E-state index is 10.9. The van der Waals surface area contributed by atoms with Gasteiger partial charge in [-0.2, -0.15) is 0 Å². The van der Waals surface area contributed by atoms with Gasteiger partial charge in [-0.25, -0.2) is 4.79 Å². The van der Waals surface area contributed by atoms with Crippen LogP contribution >= 0.6 is 0 Å². The van der Waals surface area contributed by atoms with Crippen LogP contribution in [0.3, 0.4) is 0 Å². The Morgan fingerprint density at radius 2 is 2.00 bits per heavy atom. The van der Waals surface area contributed by atoms with Crippen molar-refractivity contribution in [2.24, 2.45) is 0 Å². The predicted octanol–water partition coefficient (Wildman–Crippen LogP) is -0.446. The van der Waals surface area contributed by atoms with Crippen LogP contribution in [0, 0.1) is 0 Å². The van der Waals surface area contributed by atoms with Crippen molar-refractivity contribution in [2.45, 2.75) is 31.0 Å². The van der Waals surface area contributed by atoms with Gasteiger partial charge in [0, 0.05) is 12.6 Å². The lowest BCUT2D eigenvalue weighted by Crippen LogP contribution is -2.61. The second-order valence-electron chi connectivity index (χ2n) is 3.71. The quantitative estimate of drug-likeness (QED) is 0.533. The topological polar surface area (TPSA) is 89.9 Å². The summed E-state index contributed by atoms with van der Waals surface area (Å²) in [6, 6.07) is -1.19. The number of carboxylic acids is 1. The third-order valence-electron chi connectivity index (χ3n) is 2.99. The highest BCUT2D eigenvalue weighted by atomic mass is 16.4. The van der Waals surface area contributed by atoms with E-state index in [0.29, 0.717) is 13.0 Å². The Kier molecular flexibility index (Phi) is 2.07. The first kappa shape index (κ1) is 9.26. The zero-order chi connectivity index (χ0) is 10.3. The molecule has 0 radical (unpaired) electrons. The Morgan fingerprint density at radius 3 is 2.57 bits per heavy atom. The molecule has 2 fully saturated rings. The van der Waals surface area contributed by atoms with Gasteiger partial charge in [0.25, 0.3) is 0 Å². The van der Waals surface area contributed by atoms with Gasteiger partial charge in [0.1, 0.15) is 6.04 Å². The number of rotatable bonds is 1. The lowest BCUT2D eigenvalue weighted by molar-refractivity contribution is -0.141. The molecule has 2 rings (SSSR count). The Morgan fingerprint density at radius 1 is 1.29 bits per heavy atom. The summed E-state index contributed by atoms with van der Waals surface area (Å²) in [5.74, 6) is -0.971. The third kappa shape index (κ3) is 1.22. The summed E-state index contributed by atoms with van der Waals surface area (Å²) in [6.45, 7) is 0.444. The van der Waals surface area contributed by atoms with Gasteiger partial charge in [0.15, 0.2) is 0 Å². The number of nitrogens with one attached hydrogen (secondary N) is 1. The molecule has 6 nitrogen and oxygen atoms in total. The first-order chi connectivity index (χ1) is 6.61. The van der Waals surface area contributed by atoms with Crippen molar-refractivity contribution in [1.82, 2.24) is 10.2 Å². The number of hydrogen-bond donors (Lipinski definition) is 3. The van der Waals surface area contributed by atoms with Crippen molar-refractivity contribution >= 4 is 12.1 Å². The van der Waals surface area contributed by atoms with Crippen LogP contribution in [-0.4, -0.2) is 51.8 Å². The fourth-order valence-corrected chi connectivity index (χ4v) is 2.39. The maximum Gasteiger partial charge on any atom is 0.407 e. The lowest BCUT2D eigenvalue weighted by Gasteiger charge is -2.36. The van der Waals surface area contributed by atoms with Gasteiger partial charge in [-0.1, -0.05) is 0 Å². The molecule has 14 heavy (non-hydrogen) atoms. The molecule has 2 bridgehead atoms. The summed E-state index contributed by atoms with van der Waals surface area (Å²) in [4.78, 5) is 23.0. The van der Waals surface area contributed by atoms with E-state index in [2.05, 4.69) is 5.32 Å². The standard InChI is InChI=1S/C8H12N2O4/c11-7(12)6-5-2-1-4(3-9-6)10(5)8(13)14/h4-6,9H,1-3H2,(H,11,12)(H,13,14)/t4-,5+,6+/m1/s1. The van der Waals surface area contributed by atoms with Crippen LogP contribution in [0.25, 0.3) is 0 Å².